The van der Waals surface area contributed by atoms with Crippen molar-refractivity contribution in [3.8, 4) is 0 Å². The Kier molecular flexibility index (Phi) is 3.83. The highest BCUT2D eigenvalue weighted by atomic mass is 16.5. The van der Waals surface area contributed by atoms with E-state index >= 15 is 0 Å². The molecule has 22 heavy (non-hydrogen) atoms. The predicted molar refractivity (Wildman–Crippen MR) is 84.0 cm³/mol. The van der Waals surface area contributed by atoms with Crippen molar-refractivity contribution in [2.75, 3.05) is 0 Å². The van der Waals surface area contributed by atoms with Crippen molar-refractivity contribution in [2.45, 2.75) is 46.2 Å². The van der Waals surface area contributed by atoms with Crippen LogP contribution in [0, 0.1) is 0 Å². The van der Waals surface area contributed by atoms with Crippen molar-refractivity contribution >= 4 is 11.0 Å². The summed E-state index contributed by atoms with van der Waals surface area (Å²) < 4.78 is 8.77. The van der Waals surface area contributed by atoms with Crippen LogP contribution in [0.4, 0.5) is 0 Å². The molecule has 0 fully saturated rings. The quantitative estimate of drug-likeness (QED) is 0.726. The Morgan fingerprint density at radius 2 is 1.86 bits per heavy atom. The number of para-hydroxylation sites is 2. The van der Waals surface area contributed by atoms with Crippen LogP contribution >= 0.6 is 0 Å². The highest BCUT2D eigenvalue weighted by Crippen LogP contribution is 2.15. The number of nitrogens with zero attached hydrogens (tertiary/aromatic N) is 4. The van der Waals surface area contributed by atoms with Crippen molar-refractivity contribution in [3.05, 3.63) is 46.5 Å². The number of fused-ring (bicyclic) bond motifs is 1. The van der Waals surface area contributed by atoms with Crippen molar-refractivity contribution < 1.29 is 4.52 Å². The van der Waals surface area contributed by atoms with Crippen molar-refractivity contribution in [2.24, 2.45) is 0 Å². The number of aryl methyl sites for hydroxylation is 1. The van der Waals surface area contributed by atoms with E-state index < -0.39 is 0 Å². The predicted octanol–water partition coefficient (Wildman–Crippen LogP) is 2.77. The zero-order chi connectivity index (χ0) is 15.7. The Morgan fingerprint density at radius 1 is 1.18 bits per heavy atom. The van der Waals surface area contributed by atoms with Crippen LogP contribution in [-0.2, 0) is 13.1 Å². The van der Waals surface area contributed by atoms with Gasteiger partial charge in [-0.05, 0) is 18.6 Å². The van der Waals surface area contributed by atoms with Gasteiger partial charge in [-0.1, -0.05) is 38.1 Å². The van der Waals surface area contributed by atoms with E-state index in [4.69, 9.17) is 4.52 Å². The molecule has 116 valence electrons. The third kappa shape index (κ3) is 2.45. The molecular weight excluding hydrogens is 280 g/mol. The zero-order valence-electron chi connectivity index (χ0n) is 13.1. The van der Waals surface area contributed by atoms with Crippen molar-refractivity contribution in [1.29, 1.82) is 0 Å². The number of aromatic nitrogens is 4. The summed E-state index contributed by atoms with van der Waals surface area (Å²) in [6.45, 7) is 7.08. The minimum Gasteiger partial charge on any atom is -0.337 e. The largest absolute Gasteiger partial charge is 0.337 e. The van der Waals surface area contributed by atoms with Crippen LogP contribution in [0.2, 0.25) is 0 Å². The third-order valence-electron chi connectivity index (χ3n) is 3.67. The minimum absolute atomic E-state index is 0.0349. The first-order valence-electron chi connectivity index (χ1n) is 7.62. The average Bonchev–Trinajstić information content (AvgIpc) is 3.07. The maximum Gasteiger partial charge on any atom is 0.329 e. The van der Waals surface area contributed by atoms with Gasteiger partial charge in [0.25, 0.3) is 0 Å². The van der Waals surface area contributed by atoms with Gasteiger partial charge in [0, 0.05) is 12.5 Å². The molecule has 6 heteroatoms. The molecule has 0 N–H and O–H groups in total. The molecule has 2 aromatic heterocycles. The summed E-state index contributed by atoms with van der Waals surface area (Å²) in [6.07, 6.45) is 0.909. The van der Waals surface area contributed by atoms with Crippen molar-refractivity contribution in [3.63, 3.8) is 0 Å². The van der Waals surface area contributed by atoms with Crippen LogP contribution in [0.5, 0.6) is 0 Å². The van der Waals surface area contributed by atoms with Gasteiger partial charge in [0.2, 0.25) is 5.89 Å². The highest BCUT2D eigenvalue weighted by Gasteiger charge is 2.16. The average molecular weight is 300 g/mol. The van der Waals surface area contributed by atoms with E-state index in [-0.39, 0.29) is 11.6 Å². The molecule has 0 atom stereocenters. The van der Waals surface area contributed by atoms with Gasteiger partial charge >= 0.3 is 5.69 Å². The Balaban J connectivity index is 2.06. The van der Waals surface area contributed by atoms with Crippen LogP contribution in [0.3, 0.4) is 0 Å². The second kappa shape index (κ2) is 5.79. The van der Waals surface area contributed by atoms with Crippen LogP contribution in [-0.4, -0.2) is 19.3 Å². The zero-order valence-corrected chi connectivity index (χ0v) is 13.1. The van der Waals surface area contributed by atoms with Gasteiger partial charge in [0.1, 0.15) is 6.54 Å². The van der Waals surface area contributed by atoms with E-state index in [1.165, 1.54) is 0 Å². The molecule has 6 nitrogen and oxygen atoms in total. The number of benzene rings is 1. The molecule has 0 bridgehead atoms. The topological polar surface area (TPSA) is 65.8 Å². The lowest BCUT2D eigenvalue weighted by Crippen LogP contribution is -2.24. The number of hydrogen-bond donors (Lipinski definition) is 0. The van der Waals surface area contributed by atoms with E-state index in [1.807, 2.05) is 38.1 Å². The fourth-order valence-electron chi connectivity index (χ4n) is 2.57. The minimum atomic E-state index is -0.0349. The normalized spacial score (nSPS) is 11.6. The monoisotopic (exact) mass is 300 g/mol. The van der Waals surface area contributed by atoms with Gasteiger partial charge < -0.3 is 4.52 Å². The lowest BCUT2D eigenvalue weighted by Gasteiger charge is -1.98. The molecule has 0 aliphatic heterocycles. The first kappa shape index (κ1) is 14.6. The van der Waals surface area contributed by atoms with E-state index in [9.17, 15) is 4.79 Å². The number of rotatable bonds is 5. The maximum absolute atomic E-state index is 12.7. The van der Waals surface area contributed by atoms with E-state index in [2.05, 4.69) is 17.1 Å². The summed E-state index contributed by atoms with van der Waals surface area (Å²) in [7, 11) is 0. The van der Waals surface area contributed by atoms with Crippen molar-refractivity contribution in [1.82, 2.24) is 19.3 Å². The third-order valence-corrected chi connectivity index (χ3v) is 3.67. The number of imidazole rings is 1. The Bertz CT molecular complexity index is 841. The lowest BCUT2D eigenvalue weighted by atomic mass is 10.2. The fourth-order valence-corrected chi connectivity index (χ4v) is 2.57. The molecule has 0 aliphatic rings. The molecule has 0 radical (unpaired) electrons. The van der Waals surface area contributed by atoms with Gasteiger partial charge in [-0.2, -0.15) is 4.98 Å². The standard InChI is InChI=1S/C16H20N4O2/c1-4-9-19-12-7-5-6-8-13(12)20(16(19)21)10-14-17-15(11(2)3)18-22-14/h5-8,11H,4,9-10H2,1-3H3. The molecule has 0 spiro atoms. The maximum atomic E-state index is 12.7. The Labute approximate surface area is 128 Å². The van der Waals surface area contributed by atoms with Gasteiger partial charge in [-0.3, -0.25) is 9.13 Å². The summed E-state index contributed by atoms with van der Waals surface area (Å²) in [5.41, 5.74) is 1.80. The van der Waals surface area contributed by atoms with Gasteiger partial charge in [0.05, 0.1) is 11.0 Å². The van der Waals surface area contributed by atoms with E-state index in [1.54, 1.807) is 9.13 Å². The first-order chi connectivity index (χ1) is 10.6. The lowest BCUT2D eigenvalue weighted by molar-refractivity contribution is 0.364. The molecule has 0 unspecified atom stereocenters. The van der Waals surface area contributed by atoms with Gasteiger partial charge in [-0.15, -0.1) is 0 Å². The summed E-state index contributed by atoms with van der Waals surface area (Å²) in [4.78, 5) is 17.0. The second-order valence-electron chi connectivity index (χ2n) is 5.71. The molecule has 3 rings (SSSR count). The molecule has 0 saturated carbocycles. The van der Waals surface area contributed by atoms with Gasteiger partial charge in [-0.25, -0.2) is 4.79 Å². The summed E-state index contributed by atoms with van der Waals surface area (Å²) in [6, 6.07) is 7.79. The van der Waals surface area contributed by atoms with Crippen LogP contribution in [0.15, 0.2) is 33.6 Å². The van der Waals surface area contributed by atoms with E-state index in [0.717, 1.165) is 17.5 Å². The molecule has 0 amide bonds. The Hall–Kier alpha value is -2.37. The summed E-state index contributed by atoms with van der Waals surface area (Å²) in [5, 5.41) is 3.96. The van der Waals surface area contributed by atoms with E-state index in [0.29, 0.717) is 24.8 Å². The SMILES string of the molecule is CCCn1c(=O)n(Cc2nc(C(C)C)no2)c2ccccc21. The van der Waals surface area contributed by atoms with Crippen LogP contribution < -0.4 is 5.69 Å². The molecule has 3 aromatic rings. The Morgan fingerprint density at radius 3 is 2.45 bits per heavy atom. The molecule has 2 heterocycles. The first-order valence-corrected chi connectivity index (χ1v) is 7.62. The molecular formula is C16H20N4O2. The summed E-state index contributed by atoms with van der Waals surface area (Å²) in [5.74, 6) is 1.33. The van der Waals surface area contributed by atoms with Crippen LogP contribution in [0.25, 0.3) is 11.0 Å². The highest BCUT2D eigenvalue weighted by molar-refractivity contribution is 5.76. The molecule has 0 saturated heterocycles. The molecule has 0 aliphatic carbocycles. The van der Waals surface area contributed by atoms with Crippen LogP contribution in [0.1, 0.15) is 44.8 Å². The number of hydrogen-bond acceptors (Lipinski definition) is 4. The molecule has 1 aromatic carbocycles. The fraction of sp³-hybridized carbons (Fsp3) is 0.438. The summed E-state index contributed by atoms with van der Waals surface area (Å²) >= 11 is 0. The second-order valence-corrected chi connectivity index (χ2v) is 5.71. The smallest absolute Gasteiger partial charge is 0.329 e. The van der Waals surface area contributed by atoms with Gasteiger partial charge in [0.15, 0.2) is 5.82 Å².